The van der Waals surface area contributed by atoms with Crippen LogP contribution in [0.1, 0.15) is 101 Å². The highest BCUT2D eigenvalue weighted by Gasteiger charge is 2.51. The normalized spacial score (nSPS) is 28.0. The van der Waals surface area contributed by atoms with Crippen LogP contribution in [0, 0.1) is 34.8 Å². The minimum absolute atomic E-state index is 0.0923. The Labute approximate surface area is 414 Å². The van der Waals surface area contributed by atoms with E-state index in [1.807, 2.05) is 45.1 Å². The summed E-state index contributed by atoms with van der Waals surface area (Å²) in [6.45, 7) is 12.1. The second-order valence-corrected chi connectivity index (χ2v) is 19.2. The maximum absolute atomic E-state index is 14.9. The van der Waals surface area contributed by atoms with Crippen LogP contribution in [0.15, 0.2) is 97.1 Å². The van der Waals surface area contributed by atoms with E-state index in [0.29, 0.717) is 23.1 Å². The summed E-state index contributed by atoms with van der Waals surface area (Å²) in [6, 6.07) is 15.6. The van der Waals surface area contributed by atoms with Crippen molar-refractivity contribution in [2.24, 2.45) is 17.8 Å². The molecule has 3 fully saturated rings. The molecule has 3 aromatic rings. The van der Waals surface area contributed by atoms with Gasteiger partial charge < -0.3 is 41.0 Å². The number of allylic oxidation sites excluding steroid dienone is 1. The summed E-state index contributed by atoms with van der Waals surface area (Å²) >= 11 is 0. The van der Waals surface area contributed by atoms with Crippen LogP contribution in [-0.2, 0) is 44.8 Å². The summed E-state index contributed by atoms with van der Waals surface area (Å²) in [4.78, 5) is 115. The number of hydrogen-bond donors (Lipinski definition) is 5. The third-order valence-electron chi connectivity index (χ3n) is 14.1. The zero-order valence-corrected chi connectivity index (χ0v) is 41.4. The van der Waals surface area contributed by atoms with E-state index in [0.717, 1.165) is 5.56 Å². The Morgan fingerprint density at radius 2 is 1.38 bits per heavy atom. The number of nitrogens with zero attached hydrogens (tertiary/aromatic N) is 2. The highest BCUT2D eigenvalue weighted by atomic mass is 16.6. The highest BCUT2D eigenvalue weighted by molar-refractivity contribution is 5.98. The van der Waals surface area contributed by atoms with Crippen molar-refractivity contribution in [3.05, 3.63) is 129 Å². The number of nitrogens with one attached hydrogen (secondary N) is 5. The number of carbonyl (C=O) groups is 7. The number of carbonyl (C=O) groups excluding carboxylic acids is 7. The van der Waals surface area contributed by atoms with Crippen molar-refractivity contribution >= 4 is 41.6 Å². The molecule has 13 atom stereocenters. The molecule has 2 heterocycles. The van der Waals surface area contributed by atoms with Crippen LogP contribution in [0.5, 0.6) is 0 Å². The third kappa shape index (κ3) is 13.6. The Kier molecular flexibility index (Phi) is 18.1. The van der Waals surface area contributed by atoms with Gasteiger partial charge in [0.05, 0.1) is 0 Å². The van der Waals surface area contributed by atoms with E-state index in [9.17, 15) is 43.7 Å². The first-order valence-electron chi connectivity index (χ1n) is 24.5. The SMILES string of the molecule is C/C=C\[C@H]1C[C@H]2C(=O)O[C@H](C)[C@@H](NC(=O)OCc3ccc(C)cc3)C(=O)N[C@@H]([C@H](C)c3ccccc3)C(=O)N[C@H](C[C@@H]3C[C@H]3[N+](=O)[O-])C(=O)N[C@@H]([C@H](C)c3ccccc3)C(=O)N[C@@H]([C@@H](C)CC)C(=O)N2C1. The quantitative estimate of drug-likeness (QED) is 0.0662. The Morgan fingerprint density at radius 1 is 0.817 bits per heavy atom. The van der Waals surface area contributed by atoms with Crippen LogP contribution in [0.4, 0.5) is 4.79 Å². The van der Waals surface area contributed by atoms with Gasteiger partial charge in [-0.2, -0.15) is 0 Å². The second kappa shape index (κ2) is 24.1. The van der Waals surface area contributed by atoms with Gasteiger partial charge in [0.25, 0.3) is 0 Å². The lowest BCUT2D eigenvalue weighted by Gasteiger charge is -2.34. The van der Waals surface area contributed by atoms with Gasteiger partial charge in [-0.3, -0.25) is 34.1 Å². The molecule has 2 saturated heterocycles. The van der Waals surface area contributed by atoms with Crippen LogP contribution in [0.3, 0.4) is 0 Å². The van der Waals surface area contributed by atoms with E-state index in [2.05, 4.69) is 26.6 Å². The zero-order chi connectivity index (χ0) is 51.5. The number of ether oxygens (including phenoxy) is 2. The lowest BCUT2D eigenvalue weighted by atomic mass is 9.90. The molecule has 0 bridgehead atoms. The van der Waals surface area contributed by atoms with E-state index >= 15 is 0 Å². The Morgan fingerprint density at radius 3 is 1.93 bits per heavy atom. The van der Waals surface area contributed by atoms with E-state index < -0.39 is 119 Å². The number of fused-ring (bicyclic) bond motifs is 1. The molecule has 18 heteroatoms. The summed E-state index contributed by atoms with van der Waals surface area (Å²) in [5, 5.41) is 25.7. The van der Waals surface area contributed by atoms with Crippen molar-refractivity contribution in [1.82, 2.24) is 31.5 Å². The van der Waals surface area contributed by atoms with Gasteiger partial charge in [-0.15, -0.1) is 0 Å². The summed E-state index contributed by atoms with van der Waals surface area (Å²) in [6.07, 6.45) is 1.75. The van der Waals surface area contributed by atoms with Crippen LogP contribution < -0.4 is 26.6 Å². The minimum atomic E-state index is -1.68. The van der Waals surface area contributed by atoms with Crippen LogP contribution >= 0.6 is 0 Å². The predicted octanol–water partition coefficient (Wildman–Crippen LogP) is 4.98. The molecule has 6 rings (SSSR count). The van der Waals surface area contributed by atoms with E-state index in [4.69, 9.17) is 9.47 Å². The number of cyclic esters (lactones) is 1. The lowest BCUT2D eigenvalue weighted by molar-refractivity contribution is -0.498. The number of rotatable bonds is 13. The number of benzene rings is 3. The first-order chi connectivity index (χ1) is 33.9. The number of amides is 6. The molecule has 2 aliphatic heterocycles. The fourth-order valence-corrected chi connectivity index (χ4v) is 9.35. The first kappa shape index (κ1) is 53.2. The Bertz CT molecular complexity index is 2420. The van der Waals surface area contributed by atoms with Crippen molar-refractivity contribution in [2.45, 2.75) is 141 Å². The molecule has 1 saturated carbocycles. The summed E-state index contributed by atoms with van der Waals surface area (Å²) < 4.78 is 11.6. The van der Waals surface area contributed by atoms with Gasteiger partial charge in [0, 0.05) is 35.6 Å². The Balaban J connectivity index is 1.45. The van der Waals surface area contributed by atoms with Gasteiger partial charge in [0.2, 0.25) is 35.6 Å². The molecule has 0 aromatic heterocycles. The van der Waals surface area contributed by atoms with Crippen LogP contribution in [-0.4, -0.2) is 106 Å². The topological polar surface area (TPSA) is 244 Å². The van der Waals surface area contributed by atoms with Crippen LogP contribution in [0.2, 0.25) is 0 Å². The monoisotopic (exact) mass is 977 g/mol. The van der Waals surface area contributed by atoms with Gasteiger partial charge in [0.1, 0.15) is 49.0 Å². The number of alkyl carbamates (subject to hydrolysis) is 1. The first-order valence-corrected chi connectivity index (χ1v) is 24.5. The Hall–Kier alpha value is -7.11. The summed E-state index contributed by atoms with van der Waals surface area (Å²) in [5.74, 6) is -7.68. The largest absolute Gasteiger partial charge is 0.458 e. The molecule has 0 spiro atoms. The summed E-state index contributed by atoms with van der Waals surface area (Å²) in [5.41, 5.74) is 2.92. The summed E-state index contributed by atoms with van der Waals surface area (Å²) in [7, 11) is 0. The number of nitro groups is 1. The molecule has 3 aliphatic rings. The molecule has 1 aliphatic carbocycles. The number of esters is 1. The van der Waals surface area contributed by atoms with Crippen molar-refractivity contribution in [3.8, 4) is 0 Å². The molecule has 3 aromatic carbocycles. The molecule has 5 N–H and O–H groups in total. The third-order valence-corrected chi connectivity index (χ3v) is 14.1. The molecular weight excluding hydrogens is 911 g/mol. The average Bonchev–Trinajstić information content (AvgIpc) is 4.02. The van der Waals surface area contributed by atoms with Crippen molar-refractivity contribution in [1.29, 1.82) is 0 Å². The van der Waals surface area contributed by atoms with Gasteiger partial charge >= 0.3 is 12.1 Å². The van der Waals surface area contributed by atoms with E-state index in [1.54, 1.807) is 93.6 Å². The van der Waals surface area contributed by atoms with Gasteiger partial charge in [-0.1, -0.05) is 137 Å². The predicted molar refractivity (Wildman–Crippen MR) is 263 cm³/mol. The van der Waals surface area contributed by atoms with Crippen molar-refractivity contribution in [2.75, 3.05) is 6.54 Å². The number of aryl methyl sites for hydroxylation is 1. The fourth-order valence-electron chi connectivity index (χ4n) is 9.35. The van der Waals surface area contributed by atoms with E-state index in [-0.39, 0.29) is 38.3 Å². The molecule has 380 valence electrons. The molecule has 0 unspecified atom stereocenters. The standard InChI is InChI=1S/C53H67N7O11/c1-8-16-36-25-42-52(66)71-34(7)46(58-53(67)70-29-35-23-21-30(3)22-24-35)50(64)57-44(32(5)37-17-12-10-13-18-37)48(62)54-40(26-39-27-41(39)60(68)69)47(61)56-45(33(6)38-19-14-11-15-20-38)49(63)55-43(31(4)9-2)51(65)59(42)28-36/h8,10-24,31-34,36,39-46H,9,25-29H2,1-7H3,(H,54,62)(H,55,63)(H,56,61)(H,57,64)(H,58,67)/b16-8-/t31-,32+,33+,34+,36-,39+,40+,41+,42-,43-,44-,45-,46+/m0/s1. The smallest absolute Gasteiger partial charge is 0.408 e. The van der Waals surface area contributed by atoms with Gasteiger partial charge in [-0.25, -0.2) is 9.59 Å². The molecule has 0 radical (unpaired) electrons. The molecular formula is C53H67N7O11. The van der Waals surface area contributed by atoms with Gasteiger partial charge in [0.15, 0.2) is 0 Å². The highest BCUT2D eigenvalue weighted by Crippen LogP contribution is 2.37. The molecule has 6 amide bonds. The second-order valence-electron chi connectivity index (χ2n) is 19.2. The molecule has 71 heavy (non-hydrogen) atoms. The van der Waals surface area contributed by atoms with Gasteiger partial charge in [-0.05, 0) is 62.1 Å². The number of hydrogen-bond acceptors (Lipinski definition) is 11. The molecule has 18 nitrogen and oxygen atoms in total. The maximum Gasteiger partial charge on any atom is 0.408 e. The maximum atomic E-state index is 14.9. The minimum Gasteiger partial charge on any atom is -0.458 e. The van der Waals surface area contributed by atoms with Crippen molar-refractivity contribution in [3.63, 3.8) is 0 Å². The average molecular weight is 978 g/mol. The lowest BCUT2D eigenvalue weighted by Crippen LogP contribution is -2.61. The van der Waals surface area contributed by atoms with Crippen LogP contribution in [0.25, 0.3) is 0 Å². The zero-order valence-electron chi connectivity index (χ0n) is 41.4. The van der Waals surface area contributed by atoms with Crippen molar-refractivity contribution < 1.29 is 48.0 Å². The van der Waals surface area contributed by atoms with E-state index in [1.165, 1.54) is 11.8 Å². The fraction of sp³-hybridized carbons (Fsp3) is 0.491.